The van der Waals surface area contributed by atoms with Crippen molar-refractivity contribution >= 4 is 28.9 Å². The Morgan fingerprint density at radius 2 is 2.04 bits per heavy atom. The zero-order valence-electron chi connectivity index (χ0n) is 13.8. The third-order valence-corrected chi connectivity index (χ3v) is 5.15. The SMILES string of the molecule is N#Cc1c(N)nc2c(c1N)[C@@H](c1ccccc1Cl)C1=C(CCCC1=O)O2. The van der Waals surface area contributed by atoms with E-state index in [4.69, 9.17) is 27.8 Å². The van der Waals surface area contributed by atoms with Crippen LogP contribution in [0.25, 0.3) is 0 Å². The van der Waals surface area contributed by atoms with Crippen LogP contribution < -0.4 is 16.2 Å². The third-order valence-electron chi connectivity index (χ3n) is 4.80. The van der Waals surface area contributed by atoms with E-state index in [0.29, 0.717) is 41.2 Å². The van der Waals surface area contributed by atoms with Crippen molar-refractivity contribution in [1.82, 2.24) is 4.98 Å². The number of allylic oxidation sites excluding steroid dienone is 2. The minimum absolute atomic E-state index is 0.00319. The number of rotatable bonds is 1. The lowest BCUT2D eigenvalue weighted by atomic mass is 9.77. The Hall–Kier alpha value is -3.04. The zero-order valence-corrected chi connectivity index (χ0v) is 14.5. The minimum Gasteiger partial charge on any atom is -0.442 e. The summed E-state index contributed by atoms with van der Waals surface area (Å²) in [6.07, 6.45) is 1.78. The van der Waals surface area contributed by atoms with Gasteiger partial charge in [-0.15, -0.1) is 0 Å². The predicted molar refractivity (Wildman–Crippen MR) is 97.6 cm³/mol. The van der Waals surface area contributed by atoms with E-state index in [1.807, 2.05) is 24.3 Å². The van der Waals surface area contributed by atoms with Gasteiger partial charge in [0.05, 0.1) is 11.3 Å². The summed E-state index contributed by atoms with van der Waals surface area (Å²) < 4.78 is 5.89. The van der Waals surface area contributed by atoms with E-state index in [2.05, 4.69) is 4.98 Å². The van der Waals surface area contributed by atoms with Crippen LogP contribution >= 0.6 is 11.6 Å². The molecule has 2 heterocycles. The quantitative estimate of drug-likeness (QED) is 0.800. The van der Waals surface area contributed by atoms with E-state index in [1.165, 1.54) is 0 Å². The molecule has 0 saturated carbocycles. The number of hydrogen-bond acceptors (Lipinski definition) is 6. The van der Waals surface area contributed by atoms with Gasteiger partial charge in [-0.25, -0.2) is 0 Å². The molecule has 1 aromatic heterocycles. The molecular formula is C19H15ClN4O2. The van der Waals surface area contributed by atoms with Crippen molar-refractivity contribution in [2.45, 2.75) is 25.2 Å². The Balaban J connectivity index is 2.06. The van der Waals surface area contributed by atoms with Crippen molar-refractivity contribution in [3.63, 3.8) is 0 Å². The molecule has 0 unspecified atom stereocenters. The fraction of sp³-hybridized carbons (Fsp3) is 0.211. The maximum absolute atomic E-state index is 12.7. The molecule has 4 N–H and O–H groups in total. The molecule has 26 heavy (non-hydrogen) atoms. The van der Waals surface area contributed by atoms with E-state index < -0.39 is 5.92 Å². The number of ether oxygens (including phenoxy) is 1. The number of nitrogens with two attached hydrogens (primary N) is 2. The van der Waals surface area contributed by atoms with E-state index in [9.17, 15) is 10.1 Å². The monoisotopic (exact) mass is 366 g/mol. The van der Waals surface area contributed by atoms with E-state index in [-0.39, 0.29) is 28.7 Å². The van der Waals surface area contributed by atoms with Gasteiger partial charge in [-0.05, 0) is 18.1 Å². The van der Waals surface area contributed by atoms with Gasteiger partial charge in [0.25, 0.3) is 0 Å². The summed E-state index contributed by atoms with van der Waals surface area (Å²) >= 11 is 6.43. The fourth-order valence-electron chi connectivity index (χ4n) is 3.63. The second-order valence-electron chi connectivity index (χ2n) is 6.29. The number of ketones is 1. The molecule has 0 radical (unpaired) electrons. The first-order valence-corrected chi connectivity index (χ1v) is 8.58. The van der Waals surface area contributed by atoms with Gasteiger partial charge in [0.15, 0.2) is 5.78 Å². The molecule has 2 aliphatic rings. The highest BCUT2D eigenvalue weighted by Crippen LogP contribution is 2.50. The van der Waals surface area contributed by atoms with Gasteiger partial charge < -0.3 is 16.2 Å². The molecule has 1 aromatic carbocycles. The first-order chi connectivity index (χ1) is 12.5. The minimum atomic E-state index is -0.532. The van der Waals surface area contributed by atoms with E-state index in [0.717, 1.165) is 5.56 Å². The highest BCUT2D eigenvalue weighted by molar-refractivity contribution is 6.31. The van der Waals surface area contributed by atoms with Gasteiger partial charge in [-0.3, -0.25) is 4.79 Å². The summed E-state index contributed by atoms with van der Waals surface area (Å²) in [5.41, 5.74) is 14.1. The highest BCUT2D eigenvalue weighted by atomic mass is 35.5. The van der Waals surface area contributed by atoms with Crippen LogP contribution in [0.4, 0.5) is 11.5 Å². The summed E-state index contributed by atoms with van der Waals surface area (Å²) in [6.45, 7) is 0. The Morgan fingerprint density at radius 1 is 1.27 bits per heavy atom. The van der Waals surface area contributed by atoms with Gasteiger partial charge >= 0.3 is 0 Å². The number of hydrogen-bond donors (Lipinski definition) is 2. The number of aromatic nitrogens is 1. The molecule has 0 saturated heterocycles. The van der Waals surface area contributed by atoms with Gasteiger partial charge in [0.2, 0.25) is 5.88 Å². The number of nitrogen functional groups attached to an aromatic ring is 2. The van der Waals surface area contributed by atoms with Crippen LogP contribution in [0, 0.1) is 11.3 Å². The van der Waals surface area contributed by atoms with Crippen LogP contribution in [0.1, 0.15) is 41.9 Å². The number of pyridine rings is 1. The van der Waals surface area contributed by atoms with Gasteiger partial charge in [-0.2, -0.15) is 10.2 Å². The predicted octanol–water partition coefficient (Wildman–Crippen LogP) is 3.30. The summed E-state index contributed by atoms with van der Waals surface area (Å²) in [4.78, 5) is 17.0. The molecule has 0 amide bonds. The molecule has 4 rings (SSSR count). The highest BCUT2D eigenvalue weighted by Gasteiger charge is 2.40. The number of anilines is 2. The fourth-order valence-corrected chi connectivity index (χ4v) is 3.88. The molecule has 130 valence electrons. The second kappa shape index (κ2) is 6.04. The maximum atomic E-state index is 12.7. The largest absolute Gasteiger partial charge is 0.442 e. The van der Waals surface area contributed by atoms with E-state index in [1.54, 1.807) is 6.07 Å². The standard InChI is InChI=1S/C19H15ClN4O2/c20-11-5-2-1-4-9(11)14-15-12(25)6-3-7-13(15)26-19-16(14)17(22)10(8-21)18(23)24-19/h1-2,4-5,14H,3,6-7H2,(H4,22,23,24)/t14-/m0/s1. The zero-order chi connectivity index (χ0) is 18.4. The number of benzene rings is 1. The average Bonchev–Trinajstić information content (AvgIpc) is 2.61. The molecule has 6 nitrogen and oxygen atoms in total. The van der Waals surface area contributed by atoms with Crippen LogP contribution in [-0.2, 0) is 4.79 Å². The summed E-state index contributed by atoms with van der Waals surface area (Å²) in [5.74, 6) is 0.284. The average molecular weight is 367 g/mol. The van der Waals surface area contributed by atoms with Crippen molar-refractivity contribution in [2.24, 2.45) is 0 Å². The molecule has 0 bridgehead atoms. The van der Waals surface area contributed by atoms with E-state index >= 15 is 0 Å². The van der Waals surface area contributed by atoms with Crippen molar-refractivity contribution in [3.8, 4) is 11.9 Å². The first-order valence-electron chi connectivity index (χ1n) is 8.20. The molecule has 7 heteroatoms. The Morgan fingerprint density at radius 3 is 2.77 bits per heavy atom. The lowest BCUT2D eigenvalue weighted by Gasteiger charge is -2.33. The molecular weight excluding hydrogens is 352 g/mol. The first kappa shape index (κ1) is 16.4. The van der Waals surface area contributed by atoms with Gasteiger partial charge in [-0.1, -0.05) is 29.8 Å². The van der Waals surface area contributed by atoms with Crippen molar-refractivity contribution in [3.05, 3.63) is 57.3 Å². The lowest BCUT2D eigenvalue weighted by molar-refractivity contribution is -0.116. The Kier molecular flexibility index (Phi) is 3.82. The molecule has 0 fully saturated rings. The third kappa shape index (κ3) is 2.32. The topological polar surface area (TPSA) is 115 Å². The molecule has 2 aromatic rings. The molecule has 1 aliphatic carbocycles. The normalized spacial score (nSPS) is 18.6. The van der Waals surface area contributed by atoms with Crippen LogP contribution in [0.5, 0.6) is 5.88 Å². The number of Topliss-reactive ketones (excluding diaryl/α,β-unsaturated/α-hetero) is 1. The number of carbonyl (C=O) groups is 1. The van der Waals surface area contributed by atoms with Crippen molar-refractivity contribution in [1.29, 1.82) is 5.26 Å². The number of fused-ring (bicyclic) bond motifs is 1. The van der Waals surface area contributed by atoms with Gasteiger partial charge in [0.1, 0.15) is 23.2 Å². The molecule has 1 aliphatic heterocycles. The van der Waals surface area contributed by atoms with Gasteiger partial charge in [0, 0.05) is 29.4 Å². The van der Waals surface area contributed by atoms with Crippen LogP contribution in [0.3, 0.4) is 0 Å². The number of nitriles is 1. The van der Waals surface area contributed by atoms with Crippen LogP contribution in [0.15, 0.2) is 35.6 Å². The summed E-state index contributed by atoms with van der Waals surface area (Å²) in [7, 11) is 0. The number of nitrogens with zero attached hydrogens (tertiary/aromatic N) is 2. The Labute approximate surface area is 155 Å². The summed E-state index contributed by atoms with van der Waals surface area (Å²) in [5, 5.41) is 9.91. The number of halogens is 1. The van der Waals surface area contributed by atoms with Crippen molar-refractivity contribution < 1.29 is 9.53 Å². The van der Waals surface area contributed by atoms with Crippen molar-refractivity contribution in [2.75, 3.05) is 11.5 Å². The Bertz CT molecular complexity index is 1020. The lowest BCUT2D eigenvalue weighted by Crippen LogP contribution is -2.27. The molecule has 1 atom stereocenters. The molecule has 0 spiro atoms. The smallest absolute Gasteiger partial charge is 0.227 e. The second-order valence-corrected chi connectivity index (χ2v) is 6.69. The summed E-state index contributed by atoms with van der Waals surface area (Å²) in [6, 6.07) is 9.24. The van der Waals surface area contributed by atoms with Crippen LogP contribution in [-0.4, -0.2) is 10.8 Å². The van der Waals surface area contributed by atoms with Crippen LogP contribution in [0.2, 0.25) is 5.02 Å². The number of carbonyl (C=O) groups excluding carboxylic acids is 1. The maximum Gasteiger partial charge on any atom is 0.227 e.